The van der Waals surface area contributed by atoms with Crippen molar-refractivity contribution in [3.05, 3.63) is 60.4 Å². The number of rotatable bonds is 4. The zero-order valence-electron chi connectivity index (χ0n) is 14.5. The van der Waals surface area contributed by atoms with E-state index >= 15 is 0 Å². The van der Waals surface area contributed by atoms with Gasteiger partial charge in [0.2, 0.25) is 0 Å². The zero-order chi connectivity index (χ0) is 17.9. The lowest BCUT2D eigenvalue weighted by atomic mass is 10.1. The predicted octanol–water partition coefficient (Wildman–Crippen LogP) is 2.65. The first-order valence-corrected chi connectivity index (χ1v) is 8.77. The summed E-state index contributed by atoms with van der Waals surface area (Å²) in [5, 5.41) is 8.63. The number of hydrogen-bond acceptors (Lipinski definition) is 6. The Morgan fingerprint density at radius 1 is 1.12 bits per heavy atom. The number of nitrogen functional groups attached to an aromatic ring is 1. The van der Waals surface area contributed by atoms with E-state index in [1.165, 1.54) is 19.3 Å². The molecule has 0 aliphatic carbocycles. The van der Waals surface area contributed by atoms with Gasteiger partial charge < -0.3 is 10.6 Å². The number of pyridine rings is 2. The topological polar surface area (TPSA) is 96.7 Å². The average molecular weight is 347 g/mol. The Bertz CT molecular complexity index is 911. The van der Waals surface area contributed by atoms with E-state index in [9.17, 15) is 0 Å². The van der Waals surface area contributed by atoms with Gasteiger partial charge in [-0.1, -0.05) is 6.07 Å². The summed E-state index contributed by atoms with van der Waals surface area (Å²) in [5.41, 5.74) is 8.09. The van der Waals surface area contributed by atoms with Crippen molar-refractivity contribution in [3.63, 3.8) is 0 Å². The quantitative estimate of drug-likeness (QED) is 0.707. The van der Waals surface area contributed by atoms with Crippen molar-refractivity contribution < 1.29 is 0 Å². The van der Waals surface area contributed by atoms with Crippen molar-refractivity contribution in [1.82, 2.24) is 19.5 Å². The van der Waals surface area contributed by atoms with Crippen LogP contribution in [-0.2, 0) is 0 Å². The molecule has 0 aromatic carbocycles. The molecule has 1 saturated heterocycles. The van der Waals surface area contributed by atoms with Crippen LogP contribution in [0.2, 0.25) is 0 Å². The molecule has 3 aromatic heterocycles. The summed E-state index contributed by atoms with van der Waals surface area (Å²) in [4.78, 5) is 15.4. The van der Waals surface area contributed by atoms with Gasteiger partial charge in [0.15, 0.2) is 0 Å². The number of anilines is 2. The molecule has 4 heterocycles. The minimum absolute atomic E-state index is 0.296. The fraction of sp³-hybridized carbons (Fsp3) is 0.263. The zero-order valence-corrected chi connectivity index (χ0v) is 14.5. The van der Waals surface area contributed by atoms with Crippen LogP contribution in [0.1, 0.15) is 30.5 Å². The second-order valence-electron chi connectivity index (χ2n) is 6.40. The third-order valence-corrected chi connectivity index (χ3v) is 4.63. The van der Waals surface area contributed by atoms with Crippen molar-refractivity contribution in [2.24, 2.45) is 0 Å². The Morgan fingerprint density at radius 2 is 1.96 bits per heavy atom. The van der Waals surface area contributed by atoms with Gasteiger partial charge in [-0.3, -0.25) is 9.98 Å². The molecule has 0 unspecified atom stereocenters. The van der Waals surface area contributed by atoms with E-state index in [1.54, 1.807) is 35.6 Å². The van der Waals surface area contributed by atoms with Gasteiger partial charge in [0.1, 0.15) is 18.0 Å². The molecule has 26 heavy (non-hydrogen) atoms. The molecule has 132 valence electrons. The first-order chi connectivity index (χ1) is 12.7. The standard InChI is InChI=1S/C19H21N7/c20-15-12-23-18(26-10-7-22-13-26)11-14(15)19(21)16-5-4-6-17(24-16)25-8-2-1-3-9-25/h4-7,10-13,21H,1-3,8-9,20H2. The lowest BCUT2D eigenvalue weighted by Crippen LogP contribution is -2.30. The highest BCUT2D eigenvalue weighted by Gasteiger charge is 2.16. The molecule has 1 aliphatic rings. The average Bonchev–Trinajstić information content (AvgIpc) is 3.23. The minimum Gasteiger partial charge on any atom is -0.397 e. The molecule has 1 aliphatic heterocycles. The molecule has 7 nitrogen and oxygen atoms in total. The molecular weight excluding hydrogens is 326 g/mol. The molecule has 7 heteroatoms. The Hall–Kier alpha value is -3.22. The summed E-state index contributed by atoms with van der Waals surface area (Å²) in [6.07, 6.45) is 10.4. The number of nitrogens with zero attached hydrogens (tertiary/aromatic N) is 5. The molecule has 3 N–H and O–H groups in total. The third-order valence-electron chi connectivity index (χ3n) is 4.63. The van der Waals surface area contributed by atoms with E-state index in [0.717, 1.165) is 18.9 Å². The molecule has 0 atom stereocenters. The summed E-state index contributed by atoms with van der Waals surface area (Å²) >= 11 is 0. The van der Waals surface area contributed by atoms with E-state index in [0.29, 0.717) is 28.5 Å². The van der Waals surface area contributed by atoms with E-state index in [-0.39, 0.29) is 0 Å². The molecular formula is C19H21N7. The Balaban J connectivity index is 1.66. The van der Waals surface area contributed by atoms with Crippen LogP contribution >= 0.6 is 0 Å². The maximum atomic E-state index is 8.63. The van der Waals surface area contributed by atoms with E-state index in [2.05, 4.69) is 14.9 Å². The molecule has 3 aromatic rings. The summed E-state index contributed by atoms with van der Waals surface area (Å²) < 4.78 is 1.79. The minimum atomic E-state index is 0.296. The van der Waals surface area contributed by atoms with Crippen LogP contribution in [0.25, 0.3) is 5.82 Å². The lowest BCUT2D eigenvalue weighted by molar-refractivity contribution is 0.573. The van der Waals surface area contributed by atoms with Crippen LogP contribution in [0.4, 0.5) is 11.5 Å². The molecule has 0 amide bonds. The van der Waals surface area contributed by atoms with Crippen molar-refractivity contribution in [3.8, 4) is 5.82 Å². The van der Waals surface area contributed by atoms with Crippen LogP contribution in [0.15, 0.2) is 49.2 Å². The van der Waals surface area contributed by atoms with Gasteiger partial charge in [-0.2, -0.15) is 0 Å². The summed E-state index contributed by atoms with van der Waals surface area (Å²) in [6.45, 7) is 2.04. The highest BCUT2D eigenvalue weighted by Crippen LogP contribution is 2.21. The molecule has 0 radical (unpaired) electrons. The van der Waals surface area contributed by atoms with Crippen molar-refractivity contribution in [2.75, 3.05) is 23.7 Å². The normalized spacial score (nSPS) is 14.4. The van der Waals surface area contributed by atoms with Crippen molar-refractivity contribution in [2.45, 2.75) is 19.3 Å². The van der Waals surface area contributed by atoms with Gasteiger partial charge >= 0.3 is 0 Å². The van der Waals surface area contributed by atoms with Gasteiger partial charge in [0, 0.05) is 31.0 Å². The second kappa shape index (κ2) is 6.95. The molecule has 0 spiro atoms. The monoisotopic (exact) mass is 347 g/mol. The van der Waals surface area contributed by atoms with Gasteiger partial charge in [0.05, 0.1) is 23.3 Å². The van der Waals surface area contributed by atoms with E-state index in [1.807, 2.05) is 18.2 Å². The van der Waals surface area contributed by atoms with Gasteiger partial charge in [-0.05, 0) is 37.5 Å². The van der Waals surface area contributed by atoms with Crippen molar-refractivity contribution >= 4 is 17.2 Å². The fourth-order valence-corrected chi connectivity index (χ4v) is 3.21. The van der Waals surface area contributed by atoms with E-state index in [4.69, 9.17) is 16.1 Å². The number of imidazole rings is 1. The summed E-state index contributed by atoms with van der Waals surface area (Å²) in [6, 6.07) is 7.62. The number of aromatic nitrogens is 4. The van der Waals surface area contributed by atoms with Crippen LogP contribution in [0.5, 0.6) is 0 Å². The highest BCUT2D eigenvalue weighted by atomic mass is 15.2. The summed E-state index contributed by atoms with van der Waals surface area (Å²) in [7, 11) is 0. The largest absolute Gasteiger partial charge is 0.397 e. The van der Waals surface area contributed by atoms with Gasteiger partial charge in [0.25, 0.3) is 0 Å². The number of hydrogen-bond donors (Lipinski definition) is 2. The van der Waals surface area contributed by atoms with Gasteiger partial charge in [-0.25, -0.2) is 15.0 Å². The molecule has 0 saturated carbocycles. The summed E-state index contributed by atoms with van der Waals surface area (Å²) in [5.74, 6) is 1.60. The molecule has 4 rings (SSSR count). The first kappa shape index (κ1) is 16.3. The number of piperidine rings is 1. The van der Waals surface area contributed by atoms with Crippen LogP contribution in [0.3, 0.4) is 0 Å². The maximum absolute atomic E-state index is 8.63. The van der Waals surface area contributed by atoms with Gasteiger partial charge in [-0.15, -0.1) is 0 Å². The maximum Gasteiger partial charge on any atom is 0.138 e. The predicted molar refractivity (Wildman–Crippen MR) is 102 cm³/mol. The fourth-order valence-electron chi connectivity index (χ4n) is 3.21. The second-order valence-corrected chi connectivity index (χ2v) is 6.40. The van der Waals surface area contributed by atoms with Crippen molar-refractivity contribution in [1.29, 1.82) is 5.41 Å². The first-order valence-electron chi connectivity index (χ1n) is 8.77. The number of nitrogens with one attached hydrogen (secondary N) is 1. The lowest BCUT2D eigenvalue weighted by Gasteiger charge is -2.28. The Morgan fingerprint density at radius 3 is 2.73 bits per heavy atom. The molecule has 1 fully saturated rings. The van der Waals surface area contributed by atoms with Crippen LogP contribution < -0.4 is 10.6 Å². The molecule has 0 bridgehead atoms. The van der Waals surface area contributed by atoms with Crippen LogP contribution in [0, 0.1) is 5.41 Å². The highest BCUT2D eigenvalue weighted by molar-refractivity contribution is 6.13. The Kier molecular flexibility index (Phi) is 4.35. The SMILES string of the molecule is N=C(c1cccc(N2CCCCC2)n1)c1cc(-n2ccnc2)ncc1N. The van der Waals surface area contributed by atoms with Crippen LogP contribution in [-0.4, -0.2) is 38.3 Å². The smallest absolute Gasteiger partial charge is 0.138 e. The number of nitrogens with two attached hydrogens (primary N) is 1. The Labute approximate surface area is 152 Å². The third kappa shape index (κ3) is 3.15. The van der Waals surface area contributed by atoms with E-state index < -0.39 is 0 Å².